The summed E-state index contributed by atoms with van der Waals surface area (Å²) in [7, 11) is -2.14. The van der Waals surface area contributed by atoms with Gasteiger partial charge in [0, 0.05) is 6.54 Å². The highest BCUT2D eigenvalue weighted by molar-refractivity contribution is 7.89. The van der Waals surface area contributed by atoms with E-state index in [4.69, 9.17) is 14.3 Å². The van der Waals surface area contributed by atoms with Crippen LogP contribution in [0.15, 0.2) is 45.9 Å². The highest BCUT2D eigenvalue weighted by Crippen LogP contribution is 2.18. The second-order valence-electron chi connectivity index (χ2n) is 4.34. The summed E-state index contributed by atoms with van der Waals surface area (Å²) in [6, 6.07) is 10.2. The fraction of sp³-hybridized carbons (Fsp3) is 0.286. The topological polar surface area (TPSA) is 88.8 Å². The van der Waals surface area contributed by atoms with Gasteiger partial charge in [0.25, 0.3) is 10.0 Å². The minimum Gasteiger partial charge on any atom is -0.496 e. The van der Waals surface area contributed by atoms with Crippen molar-refractivity contribution < 1.29 is 22.7 Å². The zero-order valence-corrected chi connectivity index (χ0v) is 12.4. The number of hydrogen-bond acceptors (Lipinski definition) is 5. The zero-order valence-electron chi connectivity index (χ0n) is 11.6. The number of aliphatic hydroxyl groups excluding tert-OH is 1. The Morgan fingerprint density at radius 3 is 2.67 bits per heavy atom. The molecule has 2 aromatic rings. The van der Waals surface area contributed by atoms with Crippen molar-refractivity contribution in [2.24, 2.45) is 0 Å². The van der Waals surface area contributed by atoms with Crippen LogP contribution in [0.4, 0.5) is 0 Å². The number of benzene rings is 1. The monoisotopic (exact) mass is 311 g/mol. The Morgan fingerprint density at radius 2 is 2.00 bits per heavy atom. The Kier molecular flexibility index (Phi) is 5.00. The smallest absolute Gasteiger partial charge is 0.273 e. The molecule has 6 nitrogen and oxygen atoms in total. The first kappa shape index (κ1) is 15.6. The Bertz CT molecular complexity index is 693. The number of ether oxygens (including phenoxy) is 1. The number of methoxy groups -OCH3 is 1. The summed E-state index contributed by atoms with van der Waals surface area (Å²) in [5, 5.41) is 8.67. The van der Waals surface area contributed by atoms with Gasteiger partial charge in [0.2, 0.25) is 5.09 Å². The van der Waals surface area contributed by atoms with Crippen LogP contribution in [0, 0.1) is 0 Å². The first-order valence-electron chi connectivity index (χ1n) is 6.38. The number of nitrogens with one attached hydrogen (secondary N) is 1. The van der Waals surface area contributed by atoms with Gasteiger partial charge < -0.3 is 14.3 Å². The highest BCUT2D eigenvalue weighted by Gasteiger charge is 2.18. The molecule has 0 aliphatic heterocycles. The molecule has 0 bridgehead atoms. The predicted octanol–water partition coefficient (Wildman–Crippen LogP) is 1.30. The molecule has 1 aromatic heterocycles. The van der Waals surface area contributed by atoms with E-state index in [2.05, 4.69) is 4.72 Å². The Balaban J connectivity index is 1.99. The zero-order chi connectivity index (χ0) is 15.3. The predicted molar refractivity (Wildman–Crippen MR) is 76.5 cm³/mol. The molecule has 114 valence electrons. The number of para-hydroxylation sites is 1. The van der Waals surface area contributed by atoms with Gasteiger partial charge in [-0.05, 0) is 30.2 Å². The maximum atomic E-state index is 12.0. The van der Waals surface area contributed by atoms with Gasteiger partial charge in [-0.2, -0.15) is 0 Å². The molecule has 7 heteroatoms. The third kappa shape index (κ3) is 3.84. The summed E-state index contributed by atoms with van der Waals surface area (Å²) in [5.74, 6) is 0.928. The van der Waals surface area contributed by atoms with Gasteiger partial charge in [-0.3, -0.25) is 0 Å². The SMILES string of the molecule is COc1ccccc1CCNS(=O)(=O)c1ccc(CO)o1. The third-order valence-corrected chi connectivity index (χ3v) is 4.27. The molecule has 0 fully saturated rings. The Hall–Kier alpha value is -1.83. The van der Waals surface area contributed by atoms with Gasteiger partial charge in [-0.25, -0.2) is 13.1 Å². The molecule has 0 unspecified atom stereocenters. The molecule has 0 aliphatic rings. The maximum Gasteiger partial charge on any atom is 0.273 e. The number of aliphatic hydroxyl groups is 1. The van der Waals surface area contributed by atoms with Crippen molar-refractivity contribution in [3.8, 4) is 5.75 Å². The van der Waals surface area contributed by atoms with E-state index in [1.54, 1.807) is 7.11 Å². The van der Waals surface area contributed by atoms with Crippen molar-refractivity contribution in [1.82, 2.24) is 4.72 Å². The quantitative estimate of drug-likeness (QED) is 0.804. The lowest BCUT2D eigenvalue weighted by Crippen LogP contribution is -2.25. The summed E-state index contributed by atoms with van der Waals surface area (Å²) < 4.78 is 36.7. The van der Waals surface area contributed by atoms with Crippen LogP contribution in [0.2, 0.25) is 0 Å². The average Bonchev–Trinajstić information content (AvgIpc) is 2.97. The number of sulfonamides is 1. The molecule has 0 spiro atoms. The lowest BCUT2D eigenvalue weighted by Gasteiger charge is -2.08. The van der Waals surface area contributed by atoms with Gasteiger partial charge in [-0.1, -0.05) is 18.2 Å². The van der Waals surface area contributed by atoms with Crippen LogP contribution in [0.5, 0.6) is 5.75 Å². The van der Waals surface area contributed by atoms with Crippen molar-refractivity contribution in [2.45, 2.75) is 18.1 Å². The van der Waals surface area contributed by atoms with Crippen molar-refractivity contribution in [3.63, 3.8) is 0 Å². The van der Waals surface area contributed by atoms with Crippen LogP contribution >= 0.6 is 0 Å². The maximum absolute atomic E-state index is 12.0. The fourth-order valence-corrected chi connectivity index (χ4v) is 2.87. The van der Waals surface area contributed by atoms with E-state index in [1.165, 1.54) is 12.1 Å². The minimum absolute atomic E-state index is 0.202. The van der Waals surface area contributed by atoms with Crippen molar-refractivity contribution in [3.05, 3.63) is 47.7 Å². The second-order valence-corrected chi connectivity index (χ2v) is 6.04. The molecular weight excluding hydrogens is 294 g/mol. The molecule has 1 aromatic carbocycles. The molecule has 21 heavy (non-hydrogen) atoms. The van der Waals surface area contributed by atoms with E-state index < -0.39 is 10.0 Å². The van der Waals surface area contributed by atoms with E-state index in [0.717, 1.165) is 11.3 Å². The summed E-state index contributed by atoms with van der Waals surface area (Å²) >= 11 is 0. The fourth-order valence-electron chi connectivity index (χ4n) is 1.89. The first-order chi connectivity index (χ1) is 10.1. The normalized spacial score (nSPS) is 11.5. The van der Waals surface area contributed by atoms with Crippen LogP contribution in [-0.2, 0) is 23.1 Å². The van der Waals surface area contributed by atoms with Gasteiger partial charge >= 0.3 is 0 Å². The number of hydrogen-bond donors (Lipinski definition) is 2. The van der Waals surface area contributed by atoms with Crippen LogP contribution in [0.3, 0.4) is 0 Å². The minimum atomic E-state index is -3.71. The lowest BCUT2D eigenvalue weighted by molar-refractivity contribution is 0.236. The standard InChI is InChI=1S/C14H17NO5S/c1-19-13-5-3-2-4-11(13)8-9-15-21(17,18)14-7-6-12(10-16)20-14/h2-7,15-16H,8-10H2,1H3. The van der Waals surface area contributed by atoms with E-state index in [0.29, 0.717) is 6.42 Å². The van der Waals surface area contributed by atoms with Crippen molar-refractivity contribution in [2.75, 3.05) is 13.7 Å². The van der Waals surface area contributed by atoms with E-state index >= 15 is 0 Å². The number of furan rings is 1. The lowest BCUT2D eigenvalue weighted by atomic mass is 10.1. The van der Waals surface area contributed by atoms with Gasteiger partial charge in [0.1, 0.15) is 18.1 Å². The first-order valence-corrected chi connectivity index (χ1v) is 7.86. The van der Waals surface area contributed by atoms with Crippen LogP contribution in [-0.4, -0.2) is 27.2 Å². The summed E-state index contributed by atoms with van der Waals surface area (Å²) in [6.07, 6.45) is 0.497. The van der Waals surface area contributed by atoms with Crippen LogP contribution in [0.25, 0.3) is 0 Å². The molecule has 0 aliphatic carbocycles. The van der Waals surface area contributed by atoms with Crippen molar-refractivity contribution in [1.29, 1.82) is 0 Å². The molecule has 0 saturated carbocycles. The Morgan fingerprint density at radius 1 is 1.24 bits per heavy atom. The molecular formula is C14H17NO5S. The molecule has 0 saturated heterocycles. The average molecular weight is 311 g/mol. The molecule has 2 N–H and O–H groups in total. The van der Waals surface area contributed by atoms with Crippen LogP contribution in [0.1, 0.15) is 11.3 Å². The molecule has 1 heterocycles. The molecule has 0 radical (unpaired) electrons. The largest absolute Gasteiger partial charge is 0.496 e. The van der Waals surface area contributed by atoms with Gasteiger partial charge in [-0.15, -0.1) is 0 Å². The van der Waals surface area contributed by atoms with E-state index in [-0.39, 0.29) is 24.0 Å². The molecule has 0 atom stereocenters. The summed E-state index contributed by atoms with van der Waals surface area (Å²) in [6.45, 7) is -0.116. The van der Waals surface area contributed by atoms with Gasteiger partial charge in [0.05, 0.1) is 7.11 Å². The summed E-state index contributed by atoms with van der Waals surface area (Å²) in [4.78, 5) is 0. The summed E-state index contributed by atoms with van der Waals surface area (Å²) in [5.41, 5.74) is 0.915. The number of rotatable bonds is 7. The second kappa shape index (κ2) is 6.75. The van der Waals surface area contributed by atoms with E-state index in [9.17, 15) is 8.42 Å². The van der Waals surface area contributed by atoms with E-state index in [1.807, 2.05) is 24.3 Å². The third-order valence-electron chi connectivity index (χ3n) is 2.94. The van der Waals surface area contributed by atoms with Crippen molar-refractivity contribution >= 4 is 10.0 Å². The highest BCUT2D eigenvalue weighted by atomic mass is 32.2. The van der Waals surface area contributed by atoms with Gasteiger partial charge in [0.15, 0.2) is 0 Å². The molecule has 2 rings (SSSR count). The molecule has 0 amide bonds. The Labute approximate surface area is 123 Å². The van der Waals surface area contributed by atoms with Crippen LogP contribution < -0.4 is 9.46 Å².